The highest BCUT2D eigenvalue weighted by Crippen LogP contribution is 2.20. The number of hydrogen-bond acceptors (Lipinski definition) is 6. The van der Waals surface area contributed by atoms with Crippen molar-refractivity contribution in [2.45, 2.75) is 18.6 Å². The second kappa shape index (κ2) is 9.52. The number of rotatable bonds is 7. The van der Waals surface area contributed by atoms with Gasteiger partial charge in [0.2, 0.25) is 11.8 Å². The lowest BCUT2D eigenvalue weighted by Gasteiger charge is -2.12. The predicted molar refractivity (Wildman–Crippen MR) is 124 cm³/mol. The second-order valence-corrected chi connectivity index (χ2v) is 7.92. The SMILES string of the molecule is CC(=O)Nc1cccc(NC(=O)CSc2nc3ccccc3c(=O)n2Cc2ccco2)c1. The minimum absolute atomic E-state index is 0.0489. The highest BCUT2D eigenvalue weighted by Gasteiger charge is 2.15. The number of aromatic nitrogens is 2. The van der Waals surface area contributed by atoms with Crippen LogP contribution in [-0.4, -0.2) is 27.1 Å². The Kier molecular flexibility index (Phi) is 6.37. The van der Waals surface area contributed by atoms with Crippen LogP contribution in [0, 0.1) is 0 Å². The van der Waals surface area contributed by atoms with E-state index in [2.05, 4.69) is 15.6 Å². The number of amides is 2. The summed E-state index contributed by atoms with van der Waals surface area (Å²) in [5, 5.41) is 6.40. The lowest BCUT2D eigenvalue weighted by Crippen LogP contribution is -2.24. The highest BCUT2D eigenvalue weighted by molar-refractivity contribution is 7.99. The van der Waals surface area contributed by atoms with Gasteiger partial charge in [-0.05, 0) is 42.5 Å². The number of para-hydroxylation sites is 1. The van der Waals surface area contributed by atoms with Gasteiger partial charge in [-0.25, -0.2) is 4.98 Å². The molecule has 2 heterocycles. The third-order valence-electron chi connectivity index (χ3n) is 4.52. The van der Waals surface area contributed by atoms with Gasteiger partial charge in [0.25, 0.3) is 5.56 Å². The monoisotopic (exact) mass is 448 g/mol. The molecule has 0 saturated heterocycles. The maximum atomic E-state index is 13.1. The van der Waals surface area contributed by atoms with Crippen molar-refractivity contribution in [3.63, 3.8) is 0 Å². The molecule has 0 aliphatic rings. The number of fused-ring (bicyclic) bond motifs is 1. The van der Waals surface area contributed by atoms with E-state index in [1.54, 1.807) is 60.9 Å². The lowest BCUT2D eigenvalue weighted by atomic mass is 10.2. The van der Waals surface area contributed by atoms with Crippen LogP contribution in [0.4, 0.5) is 11.4 Å². The molecule has 8 nitrogen and oxygen atoms in total. The van der Waals surface area contributed by atoms with Crippen LogP contribution in [0.1, 0.15) is 12.7 Å². The van der Waals surface area contributed by atoms with Crippen molar-refractivity contribution in [2.24, 2.45) is 0 Å². The third-order valence-corrected chi connectivity index (χ3v) is 5.50. The van der Waals surface area contributed by atoms with E-state index in [4.69, 9.17) is 4.42 Å². The van der Waals surface area contributed by atoms with Crippen molar-refractivity contribution in [2.75, 3.05) is 16.4 Å². The Balaban J connectivity index is 1.54. The molecular weight excluding hydrogens is 428 g/mol. The van der Waals surface area contributed by atoms with E-state index in [1.807, 2.05) is 6.07 Å². The average molecular weight is 449 g/mol. The summed E-state index contributed by atoms with van der Waals surface area (Å²) < 4.78 is 6.91. The van der Waals surface area contributed by atoms with Gasteiger partial charge < -0.3 is 15.1 Å². The van der Waals surface area contributed by atoms with Gasteiger partial charge >= 0.3 is 0 Å². The van der Waals surface area contributed by atoms with E-state index < -0.39 is 0 Å². The molecule has 0 aliphatic carbocycles. The molecule has 0 unspecified atom stereocenters. The minimum atomic E-state index is -0.262. The number of nitrogens with zero attached hydrogens (tertiary/aromatic N) is 2. The molecule has 0 radical (unpaired) electrons. The molecule has 162 valence electrons. The highest BCUT2D eigenvalue weighted by atomic mass is 32.2. The summed E-state index contributed by atoms with van der Waals surface area (Å²) in [6.07, 6.45) is 1.55. The number of carbonyl (C=O) groups is 2. The van der Waals surface area contributed by atoms with Crippen molar-refractivity contribution in [1.29, 1.82) is 0 Å². The van der Waals surface area contributed by atoms with Crippen LogP contribution in [-0.2, 0) is 16.1 Å². The summed E-state index contributed by atoms with van der Waals surface area (Å²) in [6, 6.07) is 17.5. The van der Waals surface area contributed by atoms with Gasteiger partial charge in [-0.15, -0.1) is 0 Å². The molecule has 4 aromatic rings. The Morgan fingerprint density at radius 3 is 2.56 bits per heavy atom. The fraction of sp³-hybridized carbons (Fsp3) is 0.130. The Morgan fingerprint density at radius 2 is 1.81 bits per heavy atom. The molecule has 0 aliphatic heterocycles. The fourth-order valence-electron chi connectivity index (χ4n) is 3.16. The Morgan fingerprint density at radius 1 is 1.03 bits per heavy atom. The second-order valence-electron chi connectivity index (χ2n) is 6.98. The molecule has 32 heavy (non-hydrogen) atoms. The zero-order chi connectivity index (χ0) is 22.5. The molecule has 0 atom stereocenters. The van der Waals surface area contributed by atoms with Gasteiger partial charge in [0.15, 0.2) is 5.16 Å². The molecule has 2 amide bonds. The quantitative estimate of drug-likeness (QED) is 0.330. The normalized spacial score (nSPS) is 10.8. The molecule has 0 saturated carbocycles. The van der Waals surface area contributed by atoms with Crippen molar-refractivity contribution >= 4 is 45.9 Å². The Labute approximate surface area is 187 Å². The van der Waals surface area contributed by atoms with Crippen LogP contribution in [0.25, 0.3) is 10.9 Å². The maximum absolute atomic E-state index is 13.1. The van der Waals surface area contributed by atoms with Gasteiger partial charge in [-0.1, -0.05) is 30.0 Å². The molecule has 2 aromatic heterocycles. The first-order valence-corrected chi connectivity index (χ1v) is 10.8. The number of benzene rings is 2. The first-order valence-electron chi connectivity index (χ1n) is 9.82. The predicted octanol–water partition coefficient (Wildman–Crippen LogP) is 3.73. The van der Waals surface area contributed by atoms with Crippen molar-refractivity contribution < 1.29 is 14.0 Å². The third kappa shape index (κ3) is 5.06. The summed E-state index contributed by atoms with van der Waals surface area (Å²) in [4.78, 5) is 41.4. The molecular formula is C23H20N4O4S. The van der Waals surface area contributed by atoms with Gasteiger partial charge in [0.1, 0.15) is 5.76 Å². The van der Waals surface area contributed by atoms with Crippen LogP contribution >= 0.6 is 11.8 Å². The van der Waals surface area contributed by atoms with Crippen LogP contribution < -0.4 is 16.2 Å². The van der Waals surface area contributed by atoms with Crippen LogP contribution in [0.3, 0.4) is 0 Å². The maximum Gasteiger partial charge on any atom is 0.262 e. The van der Waals surface area contributed by atoms with Crippen molar-refractivity contribution in [1.82, 2.24) is 9.55 Å². The molecule has 0 bridgehead atoms. The molecule has 9 heteroatoms. The summed E-state index contributed by atoms with van der Waals surface area (Å²) in [7, 11) is 0. The van der Waals surface area contributed by atoms with E-state index in [-0.39, 0.29) is 29.7 Å². The number of thioether (sulfide) groups is 1. The largest absolute Gasteiger partial charge is 0.467 e. The fourth-order valence-corrected chi connectivity index (χ4v) is 3.96. The summed E-state index contributed by atoms with van der Waals surface area (Å²) >= 11 is 1.17. The average Bonchev–Trinajstić information content (AvgIpc) is 3.28. The molecule has 2 aromatic carbocycles. The first kappa shape index (κ1) is 21.4. The molecule has 0 fully saturated rings. The molecule has 2 N–H and O–H groups in total. The smallest absolute Gasteiger partial charge is 0.262 e. The van der Waals surface area contributed by atoms with Crippen LogP contribution in [0.5, 0.6) is 0 Å². The zero-order valence-corrected chi connectivity index (χ0v) is 18.0. The Hall–Kier alpha value is -3.85. The van der Waals surface area contributed by atoms with Crippen LogP contribution in [0.15, 0.2) is 81.3 Å². The van der Waals surface area contributed by atoms with Gasteiger partial charge in [-0.2, -0.15) is 0 Å². The summed E-state index contributed by atoms with van der Waals surface area (Å²) in [5.74, 6) is 0.209. The molecule has 4 rings (SSSR count). The van der Waals surface area contributed by atoms with E-state index in [0.29, 0.717) is 33.2 Å². The van der Waals surface area contributed by atoms with Gasteiger partial charge in [0, 0.05) is 18.3 Å². The Bertz CT molecular complexity index is 1330. The standard InChI is InChI=1S/C23H20N4O4S/c1-15(28)24-16-6-4-7-17(12-16)25-21(29)14-32-23-26-20-10-3-2-9-19(20)22(30)27(23)13-18-8-5-11-31-18/h2-12H,13-14H2,1H3,(H,24,28)(H,25,29). The van der Waals surface area contributed by atoms with Crippen molar-refractivity contribution in [3.05, 3.63) is 83.0 Å². The number of hydrogen-bond donors (Lipinski definition) is 2. The zero-order valence-electron chi connectivity index (χ0n) is 17.2. The van der Waals surface area contributed by atoms with Crippen LogP contribution in [0.2, 0.25) is 0 Å². The molecule has 0 spiro atoms. The number of furan rings is 1. The van der Waals surface area contributed by atoms with Gasteiger partial charge in [-0.3, -0.25) is 19.0 Å². The summed E-state index contributed by atoms with van der Waals surface area (Å²) in [5.41, 5.74) is 1.52. The first-order chi connectivity index (χ1) is 15.5. The van der Waals surface area contributed by atoms with E-state index in [1.165, 1.54) is 23.3 Å². The number of nitrogens with one attached hydrogen (secondary N) is 2. The van der Waals surface area contributed by atoms with E-state index >= 15 is 0 Å². The number of carbonyl (C=O) groups excluding carboxylic acids is 2. The minimum Gasteiger partial charge on any atom is -0.467 e. The van der Waals surface area contributed by atoms with E-state index in [0.717, 1.165) is 0 Å². The summed E-state index contributed by atoms with van der Waals surface area (Å²) in [6.45, 7) is 1.63. The lowest BCUT2D eigenvalue weighted by molar-refractivity contribution is -0.114. The van der Waals surface area contributed by atoms with Crippen molar-refractivity contribution in [3.8, 4) is 0 Å². The van der Waals surface area contributed by atoms with E-state index in [9.17, 15) is 14.4 Å². The van der Waals surface area contributed by atoms with Gasteiger partial charge in [0.05, 0.1) is 29.5 Å². The number of anilines is 2. The topological polar surface area (TPSA) is 106 Å².